The molecule has 3 aliphatic rings. The number of unbranched alkanes of at least 4 members (excludes halogenated alkanes) is 2. The van der Waals surface area contributed by atoms with Gasteiger partial charge < -0.3 is 50.6 Å². The van der Waals surface area contributed by atoms with Gasteiger partial charge in [0.2, 0.25) is 18.1 Å². The van der Waals surface area contributed by atoms with Crippen molar-refractivity contribution >= 4 is 41.4 Å². The summed E-state index contributed by atoms with van der Waals surface area (Å²) in [6.45, 7) is 0.0669. The number of carboxylic acids is 1. The average molecular weight is 731 g/mol. The fraction of sp³-hybridized carbons (Fsp3) is 0.543. The molecule has 1 saturated heterocycles. The van der Waals surface area contributed by atoms with Crippen molar-refractivity contribution in [2.24, 2.45) is 0 Å². The first-order valence-electron chi connectivity index (χ1n) is 17.3. The minimum atomic E-state index is -1.94. The molecule has 5 amide bonds. The highest BCUT2D eigenvalue weighted by molar-refractivity contribution is 6.12. The number of amides is 5. The fourth-order valence-corrected chi connectivity index (χ4v) is 5.80. The van der Waals surface area contributed by atoms with Crippen LogP contribution >= 0.6 is 0 Å². The number of alkyl carbamates (subject to hydrolysis) is 1. The summed E-state index contributed by atoms with van der Waals surface area (Å²) in [7, 11) is 0. The van der Waals surface area contributed by atoms with Crippen molar-refractivity contribution in [2.75, 3.05) is 18.4 Å². The standard InChI is InChI=1S/C35H46N4O13/c40-25(11-7-4-8-18-39-27(42)14-15-28(39)43)36-17-16-26(41)38-23-19-21(20-50-35(49)37-22-9-5-2-1-3-6-10-22)12-13-24(23)51-34-31(46)29(44)30(45)32(52-34)33(47)48/h1-2,12-15,19,22,29-32,34,44-46H,3-11,16-18,20H2,(H,36,40)(H,37,49)(H,38,41)(H,47,48)/b2-1-/t22?,29-,30-,31+,32-,34+/m1/s1. The maximum absolute atomic E-state index is 13.0. The van der Waals surface area contributed by atoms with Crippen molar-refractivity contribution in [3.8, 4) is 5.75 Å². The third-order valence-electron chi connectivity index (χ3n) is 8.70. The number of carbonyl (C=O) groups is 6. The number of carboxylic acid groups (broad SMARTS) is 1. The topological polar surface area (TPSA) is 250 Å². The van der Waals surface area contributed by atoms with Crippen LogP contribution in [0.5, 0.6) is 5.75 Å². The highest BCUT2D eigenvalue weighted by atomic mass is 16.7. The van der Waals surface area contributed by atoms with Gasteiger partial charge in [-0.2, -0.15) is 0 Å². The van der Waals surface area contributed by atoms with Gasteiger partial charge in [0, 0.05) is 44.1 Å². The Bertz CT molecular complexity index is 1500. The Labute approximate surface area is 300 Å². The van der Waals surface area contributed by atoms with Gasteiger partial charge in [0.25, 0.3) is 11.8 Å². The molecule has 17 nitrogen and oxygen atoms in total. The van der Waals surface area contributed by atoms with E-state index in [2.05, 4.69) is 28.1 Å². The molecule has 6 atom stereocenters. The number of rotatable bonds is 16. The maximum Gasteiger partial charge on any atom is 0.407 e. The maximum atomic E-state index is 13.0. The molecule has 0 radical (unpaired) electrons. The van der Waals surface area contributed by atoms with Gasteiger partial charge in [0.05, 0.1) is 5.69 Å². The first kappa shape index (κ1) is 39.9. The third-order valence-corrected chi connectivity index (χ3v) is 8.70. The van der Waals surface area contributed by atoms with E-state index in [4.69, 9.17) is 14.2 Å². The molecule has 0 bridgehead atoms. The number of imide groups is 1. The summed E-state index contributed by atoms with van der Waals surface area (Å²) in [5, 5.41) is 48.3. The van der Waals surface area contributed by atoms with E-state index in [0.717, 1.165) is 37.0 Å². The summed E-state index contributed by atoms with van der Waals surface area (Å²) < 4.78 is 16.3. The van der Waals surface area contributed by atoms with E-state index in [-0.39, 0.29) is 67.7 Å². The van der Waals surface area contributed by atoms with Crippen LogP contribution in [0, 0.1) is 0 Å². The fourth-order valence-electron chi connectivity index (χ4n) is 5.80. The van der Waals surface area contributed by atoms with Crippen molar-refractivity contribution in [1.82, 2.24) is 15.5 Å². The number of aliphatic hydroxyl groups excluding tert-OH is 3. The molecule has 52 heavy (non-hydrogen) atoms. The van der Waals surface area contributed by atoms with Crippen LogP contribution < -0.4 is 20.7 Å². The zero-order chi connectivity index (χ0) is 37.6. The van der Waals surface area contributed by atoms with Gasteiger partial charge in [0.1, 0.15) is 30.7 Å². The first-order chi connectivity index (χ1) is 24.9. The van der Waals surface area contributed by atoms with E-state index >= 15 is 0 Å². The quantitative estimate of drug-likeness (QED) is 0.0714. The van der Waals surface area contributed by atoms with Crippen molar-refractivity contribution in [2.45, 2.75) is 108 Å². The van der Waals surface area contributed by atoms with Gasteiger partial charge in [-0.05, 0) is 62.6 Å². The van der Waals surface area contributed by atoms with Gasteiger partial charge in [-0.25, -0.2) is 9.59 Å². The second-order valence-electron chi connectivity index (χ2n) is 12.7. The number of anilines is 1. The SMILES string of the molecule is O=C(CCCCCN1C(=O)C=CC1=O)NCCC(=O)Nc1cc(COC(=O)NC2CC/C=C\CCC2)ccc1O[C@H]1O[C@@H](C(=O)O)[C@H](O)[C@@H](O)[C@@H]1O. The summed E-state index contributed by atoms with van der Waals surface area (Å²) >= 11 is 0. The number of ether oxygens (including phenoxy) is 3. The normalized spacial score (nSPS) is 25.1. The largest absolute Gasteiger partial charge is 0.479 e. The van der Waals surface area contributed by atoms with Crippen LogP contribution in [0.15, 0.2) is 42.5 Å². The number of hydrogen-bond donors (Lipinski definition) is 7. The van der Waals surface area contributed by atoms with Crippen LogP contribution in [0.2, 0.25) is 0 Å². The Morgan fingerprint density at radius 2 is 1.63 bits per heavy atom. The predicted molar refractivity (Wildman–Crippen MR) is 181 cm³/mol. The predicted octanol–water partition coefficient (Wildman–Crippen LogP) is 1.00. The highest BCUT2D eigenvalue weighted by Gasteiger charge is 2.48. The number of nitrogens with zero attached hydrogens (tertiary/aromatic N) is 1. The Kier molecular flexibility index (Phi) is 15.1. The molecule has 1 fully saturated rings. The molecule has 2 heterocycles. The molecule has 7 N–H and O–H groups in total. The molecule has 2 aliphatic heterocycles. The minimum Gasteiger partial charge on any atom is -0.479 e. The number of carbonyl (C=O) groups excluding carboxylic acids is 5. The van der Waals surface area contributed by atoms with Gasteiger partial charge in [0.15, 0.2) is 6.10 Å². The van der Waals surface area contributed by atoms with Crippen LogP contribution in [0.3, 0.4) is 0 Å². The zero-order valence-electron chi connectivity index (χ0n) is 28.6. The molecule has 1 unspecified atom stereocenters. The van der Waals surface area contributed by atoms with Crippen LogP contribution in [-0.2, 0) is 40.1 Å². The average Bonchev–Trinajstić information content (AvgIpc) is 3.41. The zero-order valence-corrected chi connectivity index (χ0v) is 28.6. The van der Waals surface area contributed by atoms with Crippen LogP contribution in [0.25, 0.3) is 0 Å². The lowest BCUT2D eigenvalue weighted by atomic mass is 9.99. The number of aliphatic carboxylic acids is 1. The number of allylic oxidation sites excluding steroid dienone is 2. The van der Waals surface area contributed by atoms with Crippen molar-refractivity contribution in [3.63, 3.8) is 0 Å². The molecular formula is C35H46N4O13. The molecule has 1 aromatic carbocycles. The van der Waals surface area contributed by atoms with Crippen molar-refractivity contribution in [3.05, 3.63) is 48.1 Å². The smallest absolute Gasteiger partial charge is 0.407 e. The van der Waals surface area contributed by atoms with Crippen molar-refractivity contribution in [1.29, 1.82) is 0 Å². The summed E-state index contributed by atoms with van der Waals surface area (Å²) in [6, 6.07) is 4.27. The monoisotopic (exact) mass is 730 g/mol. The Hall–Kier alpha value is -4.84. The summed E-state index contributed by atoms with van der Waals surface area (Å²) in [4.78, 5) is 73.7. The summed E-state index contributed by atoms with van der Waals surface area (Å²) in [5.41, 5.74) is 0.462. The summed E-state index contributed by atoms with van der Waals surface area (Å²) in [6.07, 6.45) is 2.63. The molecule has 0 aromatic heterocycles. The molecule has 0 spiro atoms. The van der Waals surface area contributed by atoms with E-state index < -0.39 is 48.7 Å². The molecule has 4 rings (SSSR count). The molecular weight excluding hydrogens is 684 g/mol. The lowest BCUT2D eigenvalue weighted by molar-refractivity contribution is -0.271. The molecule has 17 heteroatoms. The second kappa shape index (κ2) is 19.7. The Morgan fingerprint density at radius 1 is 0.885 bits per heavy atom. The van der Waals surface area contributed by atoms with E-state index in [1.165, 1.54) is 30.4 Å². The molecule has 284 valence electrons. The molecule has 0 saturated carbocycles. The highest BCUT2D eigenvalue weighted by Crippen LogP contribution is 2.31. The first-order valence-corrected chi connectivity index (χ1v) is 17.3. The van der Waals surface area contributed by atoms with Crippen LogP contribution in [-0.4, -0.2) is 111 Å². The van der Waals surface area contributed by atoms with Gasteiger partial charge >= 0.3 is 12.1 Å². The number of nitrogens with one attached hydrogen (secondary N) is 3. The van der Waals surface area contributed by atoms with Crippen LogP contribution in [0.1, 0.15) is 69.8 Å². The Balaban J connectivity index is 1.32. The third kappa shape index (κ3) is 11.9. The molecule has 1 aromatic rings. The minimum absolute atomic E-state index is 0.0158. The number of benzene rings is 1. The molecule has 1 aliphatic carbocycles. The lowest BCUT2D eigenvalue weighted by Gasteiger charge is -2.38. The number of aliphatic hydroxyl groups is 3. The van der Waals surface area contributed by atoms with E-state index in [1.807, 2.05) is 0 Å². The Morgan fingerprint density at radius 3 is 2.38 bits per heavy atom. The van der Waals surface area contributed by atoms with Crippen LogP contribution in [0.4, 0.5) is 10.5 Å². The lowest BCUT2D eigenvalue weighted by Crippen LogP contribution is -2.61. The van der Waals surface area contributed by atoms with E-state index in [9.17, 15) is 49.2 Å². The van der Waals surface area contributed by atoms with Gasteiger partial charge in [-0.1, -0.05) is 24.6 Å². The second-order valence-corrected chi connectivity index (χ2v) is 12.7. The van der Waals surface area contributed by atoms with Crippen molar-refractivity contribution < 1.29 is 63.4 Å². The van der Waals surface area contributed by atoms with Gasteiger partial charge in [-0.15, -0.1) is 0 Å². The van der Waals surface area contributed by atoms with Gasteiger partial charge in [-0.3, -0.25) is 24.1 Å². The summed E-state index contributed by atoms with van der Waals surface area (Å²) in [5.74, 6) is -3.26. The van der Waals surface area contributed by atoms with E-state index in [0.29, 0.717) is 24.8 Å². The number of hydrogen-bond acceptors (Lipinski definition) is 12. The van der Waals surface area contributed by atoms with E-state index in [1.54, 1.807) is 0 Å².